The molecule has 0 amide bonds. The van der Waals surface area contributed by atoms with Gasteiger partial charge in [0.15, 0.2) is 6.10 Å². The second kappa shape index (κ2) is 34.8. The summed E-state index contributed by atoms with van der Waals surface area (Å²) in [5, 5.41) is 0. The van der Waals surface area contributed by atoms with E-state index in [1.54, 1.807) is 0 Å². The molecule has 0 aromatic heterocycles. The normalized spacial score (nSPS) is 12.2. The van der Waals surface area contributed by atoms with Crippen molar-refractivity contribution in [3.05, 3.63) is 24.3 Å². The van der Waals surface area contributed by atoms with Crippen LogP contribution >= 0.6 is 0 Å². The highest BCUT2D eigenvalue weighted by Gasteiger charge is 2.19. The maximum Gasteiger partial charge on any atom is 0.306 e. The zero-order valence-corrected chi connectivity index (χ0v) is 29.6. The summed E-state index contributed by atoms with van der Waals surface area (Å²) in [5.74, 6) is -0.915. The molecule has 0 heterocycles. The number of hydrogen-bond acceptors (Lipinski definition) is 6. The maximum atomic E-state index is 12.4. The summed E-state index contributed by atoms with van der Waals surface area (Å²) >= 11 is 0. The van der Waals surface area contributed by atoms with Crippen molar-refractivity contribution in [3.63, 3.8) is 0 Å². The number of unbranched alkanes of at least 4 members (excludes halogenated alkanes) is 18. The fourth-order valence-corrected chi connectivity index (χ4v) is 5.06. The van der Waals surface area contributed by atoms with Crippen LogP contribution in [-0.2, 0) is 28.6 Å². The van der Waals surface area contributed by atoms with E-state index in [-0.39, 0.29) is 31.1 Å². The Labute approximate surface area is 277 Å². The van der Waals surface area contributed by atoms with Gasteiger partial charge in [-0.05, 0) is 51.4 Å². The molecule has 0 saturated carbocycles. The molecule has 262 valence electrons. The summed E-state index contributed by atoms with van der Waals surface area (Å²) in [6.07, 6.45) is 34.8. The standard InChI is InChI=1S/C39H70O6/c1-4-7-10-13-16-17-18-19-20-21-22-23-24-27-29-32-38(41)44-35-36(45-39(42)33-30-26-15-12-9-6-3)34-43-37(40)31-28-25-14-11-8-5-2/h16-17,19-20,36H,4-15,18,21-35H2,1-3H3/b17-16-,20-19-. The Balaban J connectivity index is 4.24. The predicted molar refractivity (Wildman–Crippen MR) is 187 cm³/mol. The van der Waals surface area contributed by atoms with Gasteiger partial charge in [0.1, 0.15) is 13.2 Å². The van der Waals surface area contributed by atoms with E-state index < -0.39 is 6.10 Å². The zero-order valence-electron chi connectivity index (χ0n) is 29.6. The number of allylic oxidation sites excluding steroid dienone is 4. The molecule has 0 N–H and O–H groups in total. The fraction of sp³-hybridized carbons (Fsp3) is 0.821. The minimum absolute atomic E-state index is 0.0755. The molecule has 0 aliphatic carbocycles. The Morgan fingerprint density at radius 1 is 0.444 bits per heavy atom. The summed E-state index contributed by atoms with van der Waals surface area (Å²) < 4.78 is 16.4. The first-order valence-electron chi connectivity index (χ1n) is 18.8. The topological polar surface area (TPSA) is 78.9 Å². The lowest BCUT2D eigenvalue weighted by atomic mass is 10.1. The molecule has 0 aromatic rings. The molecule has 0 aliphatic heterocycles. The fourth-order valence-electron chi connectivity index (χ4n) is 5.06. The molecule has 1 unspecified atom stereocenters. The largest absolute Gasteiger partial charge is 0.462 e. The minimum atomic E-state index is -0.764. The molecule has 45 heavy (non-hydrogen) atoms. The van der Waals surface area contributed by atoms with E-state index in [4.69, 9.17) is 14.2 Å². The number of esters is 3. The molecule has 0 aromatic carbocycles. The first-order valence-corrected chi connectivity index (χ1v) is 18.8. The molecular weight excluding hydrogens is 564 g/mol. The van der Waals surface area contributed by atoms with Gasteiger partial charge in [-0.25, -0.2) is 0 Å². The molecule has 0 spiro atoms. The van der Waals surface area contributed by atoms with Crippen LogP contribution in [0.3, 0.4) is 0 Å². The lowest BCUT2D eigenvalue weighted by Gasteiger charge is -2.18. The number of rotatable bonds is 33. The number of carbonyl (C=O) groups excluding carboxylic acids is 3. The second-order valence-electron chi connectivity index (χ2n) is 12.5. The van der Waals surface area contributed by atoms with Crippen molar-refractivity contribution in [1.82, 2.24) is 0 Å². The summed E-state index contributed by atoms with van der Waals surface area (Å²) in [4.78, 5) is 37.1. The average Bonchev–Trinajstić information content (AvgIpc) is 3.03. The molecule has 0 rings (SSSR count). The summed E-state index contributed by atoms with van der Waals surface area (Å²) in [6.45, 7) is 6.45. The van der Waals surface area contributed by atoms with Crippen molar-refractivity contribution < 1.29 is 28.6 Å². The van der Waals surface area contributed by atoms with Crippen molar-refractivity contribution >= 4 is 17.9 Å². The Hall–Kier alpha value is -2.11. The third-order valence-corrected chi connectivity index (χ3v) is 7.96. The molecule has 0 aliphatic rings. The molecule has 6 nitrogen and oxygen atoms in total. The van der Waals surface area contributed by atoms with E-state index in [1.807, 2.05) is 0 Å². The van der Waals surface area contributed by atoms with Gasteiger partial charge >= 0.3 is 17.9 Å². The van der Waals surface area contributed by atoms with Gasteiger partial charge in [0, 0.05) is 19.3 Å². The van der Waals surface area contributed by atoms with Crippen LogP contribution in [0.25, 0.3) is 0 Å². The van der Waals surface area contributed by atoms with Crippen LogP contribution in [-0.4, -0.2) is 37.2 Å². The molecule has 0 bridgehead atoms. The zero-order chi connectivity index (χ0) is 33.1. The third kappa shape index (κ3) is 33.1. The third-order valence-electron chi connectivity index (χ3n) is 7.96. The van der Waals surface area contributed by atoms with E-state index in [1.165, 1.54) is 70.6 Å². The van der Waals surface area contributed by atoms with Gasteiger partial charge in [-0.2, -0.15) is 0 Å². The number of ether oxygens (including phenoxy) is 3. The molecule has 0 fully saturated rings. The van der Waals surface area contributed by atoms with Crippen molar-refractivity contribution in [2.24, 2.45) is 0 Å². The van der Waals surface area contributed by atoms with Crippen LogP contribution in [0.4, 0.5) is 0 Å². The van der Waals surface area contributed by atoms with Gasteiger partial charge in [-0.1, -0.05) is 141 Å². The van der Waals surface area contributed by atoms with Crippen molar-refractivity contribution in [3.8, 4) is 0 Å². The first-order chi connectivity index (χ1) is 22.0. The van der Waals surface area contributed by atoms with Gasteiger partial charge in [0.2, 0.25) is 0 Å². The van der Waals surface area contributed by atoms with Crippen LogP contribution in [0, 0.1) is 0 Å². The van der Waals surface area contributed by atoms with Gasteiger partial charge in [0.05, 0.1) is 0 Å². The van der Waals surface area contributed by atoms with Gasteiger partial charge in [-0.15, -0.1) is 0 Å². The van der Waals surface area contributed by atoms with E-state index in [9.17, 15) is 14.4 Å². The highest BCUT2D eigenvalue weighted by atomic mass is 16.6. The van der Waals surface area contributed by atoms with Crippen molar-refractivity contribution in [2.75, 3.05) is 13.2 Å². The summed E-state index contributed by atoms with van der Waals surface area (Å²) in [5.41, 5.74) is 0. The van der Waals surface area contributed by atoms with E-state index in [0.29, 0.717) is 19.3 Å². The Morgan fingerprint density at radius 2 is 0.800 bits per heavy atom. The first kappa shape index (κ1) is 42.9. The Kier molecular flexibility index (Phi) is 33.1. The quantitative estimate of drug-likeness (QED) is 0.0309. The van der Waals surface area contributed by atoms with Gasteiger partial charge in [-0.3, -0.25) is 14.4 Å². The monoisotopic (exact) mass is 635 g/mol. The number of hydrogen-bond donors (Lipinski definition) is 0. The highest BCUT2D eigenvalue weighted by Crippen LogP contribution is 2.12. The predicted octanol–water partition coefficient (Wildman–Crippen LogP) is 11.3. The second-order valence-corrected chi connectivity index (χ2v) is 12.5. The smallest absolute Gasteiger partial charge is 0.306 e. The van der Waals surface area contributed by atoms with Crippen molar-refractivity contribution in [2.45, 2.75) is 194 Å². The van der Waals surface area contributed by atoms with Gasteiger partial charge < -0.3 is 14.2 Å². The molecular formula is C39H70O6. The SMILES string of the molecule is CCCCC/C=C\C/C=C\CCCCCCCC(=O)OCC(COC(=O)CCCCCCCC)OC(=O)CCCCCCCC. The van der Waals surface area contributed by atoms with E-state index in [2.05, 4.69) is 45.1 Å². The lowest BCUT2D eigenvalue weighted by molar-refractivity contribution is -0.167. The summed E-state index contributed by atoms with van der Waals surface area (Å²) in [7, 11) is 0. The van der Waals surface area contributed by atoms with Gasteiger partial charge in [0.25, 0.3) is 0 Å². The minimum Gasteiger partial charge on any atom is -0.462 e. The number of carbonyl (C=O) groups is 3. The summed E-state index contributed by atoms with van der Waals surface area (Å²) in [6, 6.07) is 0. The van der Waals surface area contributed by atoms with Crippen LogP contribution in [0.2, 0.25) is 0 Å². The van der Waals surface area contributed by atoms with Crippen LogP contribution in [0.15, 0.2) is 24.3 Å². The Bertz CT molecular complexity index is 744. The average molecular weight is 635 g/mol. The van der Waals surface area contributed by atoms with E-state index in [0.717, 1.165) is 77.0 Å². The molecule has 0 radical (unpaired) electrons. The Morgan fingerprint density at radius 3 is 1.27 bits per heavy atom. The highest BCUT2D eigenvalue weighted by molar-refractivity contribution is 5.71. The molecule has 6 heteroatoms. The van der Waals surface area contributed by atoms with Crippen LogP contribution in [0.1, 0.15) is 188 Å². The van der Waals surface area contributed by atoms with E-state index >= 15 is 0 Å². The maximum absolute atomic E-state index is 12.4. The lowest BCUT2D eigenvalue weighted by Crippen LogP contribution is -2.30. The van der Waals surface area contributed by atoms with Crippen LogP contribution in [0.5, 0.6) is 0 Å². The molecule has 0 saturated heterocycles. The van der Waals surface area contributed by atoms with Crippen molar-refractivity contribution in [1.29, 1.82) is 0 Å². The molecule has 1 atom stereocenters. The van der Waals surface area contributed by atoms with Crippen LogP contribution < -0.4 is 0 Å².